The van der Waals surface area contributed by atoms with E-state index in [1.807, 2.05) is 57.2 Å². The molecule has 1 saturated heterocycles. The molecule has 0 saturated carbocycles. The van der Waals surface area contributed by atoms with Crippen molar-refractivity contribution in [2.24, 2.45) is 5.16 Å². The van der Waals surface area contributed by atoms with Gasteiger partial charge >= 0.3 is 6.16 Å². The summed E-state index contributed by atoms with van der Waals surface area (Å²) in [6.45, 7) is 8.04. The fourth-order valence-corrected chi connectivity index (χ4v) is 4.59. The normalized spacial score (nSPS) is 15.1. The maximum absolute atomic E-state index is 14.0. The summed E-state index contributed by atoms with van der Waals surface area (Å²) in [4.78, 5) is 18.3. The van der Waals surface area contributed by atoms with Crippen molar-refractivity contribution in [2.45, 2.75) is 52.4 Å². The molecule has 0 bridgehead atoms. The molecule has 8 heteroatoms. The standard InChI is InChI=1S/C30H32F2N2O4/c1-19-4-5-24(10-20(19)2)11-29(25-12-26(31)14-27(32)13-25)21(3)33-37-18-23-8-6-22(7-9-23)15-34-16-28(17-34)38-30(35)36/h4-10,12-14,28-29H,11,15-18H2,1-3H3,(H,35,36)/b33-21+. The number of aryl methyl sites for hydroxylation is 2. The van der Waals surface area contributed by atoms with Gasteiger partial charge in [0.05, 0.1) is 5.71 Å². The van der Waals surface area contributed by atoms with Gasteiger partial charge in [0.25, 0.3) is 0 Å². The summed E-state index contributed by atoms with van der Waals surface area (Å²) in [7, 11) is 0. The molecule has 0 aromatic heterocycles. The van der Waals surface area contributed by atoms with Gasteiger partial charge in [-0.1, -0.05) is 47.6 Å². The average molecular weight is 523 g/mol. The van der Waals surface area contributed by atoms with Crippen LogP contribution >= 0.6 is 0 Å². The van der Waals surface area contributed by atoms with E-state index in [-0.39, 0.29) is 18.6 Å². The molecule has 3 aromatic carbocycles. The molecule has 1 unspecified atom stereocenters. The van der Waals surface area contributed by atoms with Gasteiger partial charge in [-0.3, -0.25) is 4.90 Å². The summed E-state index contributed by atoms with van der Waals surface area (Å²) in [5.41, 5.74) is 6.56. The fraction of sp³-hybridized carbons (Fsp3) is 0.333. The van der Waals surface area contributed by atoms with Gasteiger partial charge in [-0.25, -0.2) is 13.6 Å². The Morgan fingerprint density at radius 1 is 0.974 bits per heavy atom. The van der Waals surface area contributed by atoms with Crippen LogP contribution in [-0.4, -0.2) is 41.1 Å². The Morgan fingerprint density at radius 3 is 2.24 bits per heavy atom. The Kier molecular flexibility index (Phi) is 8.73. The fourth-order valence-electron chi connectivity index (χ4n) is 4.59. The molecule has 0 radical (unpaired) electrons. The van der Waals surface area contributed by atoms with Crippen LogP contribution in [0, 0.1) is 25.5 Å². The highest BCUT2D eigenvalue weighted by molar-refractivity contribution is 5.88. The van der Waals surface area contributed by atoms with Crippen LogP contribution in [-0.2, 0) is 29.1 Å². The van der Waals surface area contributed by atoms with Crippen molar-refractivity contribution in [1.82, 2.24) is 4.90 Å². The maximum Gasteiger partial charge on any atom is 0.506 e. The molecule has 0 amide bonds. The van der Waals surface area contributed by atoms with Crippen LogP contribution in [0.5, 0.6) is 0 Å². The second-order valence-corrected chi connectivity index (χ2v) is 9.90. The highest BCUT2D eigenvalue weighted by atomic mass is 19.1. The first kappa shape index (κ1) is 27.3. The maximum atomic E-state index is 14.0. The summed E-state index contributed by atoms with van der Waals surface area (Å²) in [5, 5.41) is 13.0. The van der Waals surface area contributed by atoms with Gasteiger partial charge < -0.3 is 14.7 Å². The number of halogens is 2. The number of nitrogens with zero attached hydrogens (tertiary/aromatic N) is 2. The van der Waals surface area contributed by atoms with Gasteiger partial charge in [0, 0.05) is 31.6 Å². The molecular weight excluding hydrogens is 490 g/mol. The summed E-state index contributed by atoms with van der Waals surface area (Å²) < 4.78 is 32.8. The van der Waals surface area contributed by atoms with Gasteiger partial charge in [-0.2, -0.15) is 0 Å². The Morgan fingerprint density at radius 2 is 1.61 bits per heavy atom. The van der Waals surface area contributed by atoms with E-state index in [1.165, 1.54) is 17.7 Å². The number of likely N-dealkylation sites (tertiary alicyclic amines) is 1. The molecule has 1 aliphatic heterocycles. The van der Waals surface area contributed by atoms with Gasteiger partial charge in [-0.15, -0.1) is 0 Å². The molecular formula is C30H32F2N2O4. The van der Waals surface area contributed by atoms with Crippen molar-refractivity contribution in [3.05, 3.63) is 106 Å². The second-order valence-electron chi connectivity index (χ2n) is 9.90. The van der Waals surface area contributed by atoms with E-state index < -0.39 is 17.8 Å². The van der Waals surface area contributed by atoms with Crippen LogP contribution < -0.4 is 0 Å². The summed E-state index contributed by atoms with van der Waals surface area (Å²) in [6.07, 6.45) is -0.965. The number of carboxylic acid groups (broad SMARTS) is 1. The number of hydrogen-bond acceptors (Lipinski definition) is 5. The summed E-state index contributed by atoms with van der Waals surface area (Å²) in [5.74, 6) is -1.60. The lowest BCUT2D eigenvalue weighted by molar-refractivity contribution is -0.0363. The third-order valence-corrected chi connectivity index (χ3v) is 6.86. The van der Waals surface area contributed by atoms with Crippen LogP contribution in [0.2, 0.25) is 0 Å². The van der Waals surface area contributed by atoms with Crippen LogP contribution in [0.4, 0.5) is 13.6 Å². The zero-order valence-corrected chi connectivity index (χ0v) is 21.8. The monoisotopic (exact) mass is 522 g/mol. The molecule has 6 nitrogen and oxygen atoms in total. The molecule has 1 fully saturated rings. The molecule has 4 rings (SSSR count). The molecule has 38 heavy (non-hydrogen) atoms. The van der Waals surface area contributed by atoms with Crippen molar-refractivity contribution < 1.29 is 28.3 Å². The van der Waals surface area contributed by atoms with Gasteiger partial charge in [0.2, 0.25) is 0 Å². The number of hydrogen-bond donors (Lipinski definition) is 1. The lowest BCUT2D eigenvalue weighted by Crippen LogP contribution is -2.52. The number of ether oxygens (including phenoxy) is 1. The SMILES string of the molecule is C/C(=N\OCc1ccc(CN2CC(OC(=O)O)C2)cc1)C(Cc1ccc(C)c(C)c1)c1cc(F)cc(F)c1. The first-order valence-corrected chi connectivity index (χ1v) is 12.5. The Balaban J connectivity index is 1.38. The number of rotatable bonds is 10. The first-order valence-electron chi connectivity index (χ1n) is 12.5. The number of benzene rings is 3. The summed E-state index contributed by atoms with van der Waals surface area (Å²) in [6, 6.07) is 17.6. The van der Waals surface area contributed by atoms with Crippen LogP contribution in [0.25, 0.3) is 0 Å². The lowest BCUT2D eigenvalue weighted by atomic mass is 9.87. The third-order valence-electron chi connectivity index (χ3n) is 6.86. The van der Waals surface area contributed by atoms with Crippen LogP contribution in [0.1, 0.15) is 46.2 Å². The smallest absolute Gasteiger partial charge is 0.450 e. The highest BCUT2D eigenvalue weighted by Crippen LogP contribution is 2.26. The van der Waals surface area contributed by atoms with Crippen molar-refractivity contribution in [3.63, 3.8) is 0 Å². The minimum absolute atomic E-state index is 0.254. The molecule has 0 aliphatic carbocycles. The molecule has 0 spiro atoms. The molecule has 1 atom stereocenters. The quantitative estimate of drug-likeness (QED) is 0.190. The van der Waals surface area contributed by atoms with E-state index in [9.17, 15) is 13.6 Å². The predicted octanol–water partition coefficient (Wildman–Crippen LogP) is 6.38. The second kappa shape index (κ2) is 12.2. The van der Waals surface area contributed by atoms with Crippen LogP contribution in [0.15, 0.2) is 65.8 Å². The van der Waals surface area contributed by atoms with Crippen molar-refractivity contribution in [3.8, 4) is 0 Å². The predicted molar refractivity (Wildman–Crippen MR) is 141 cm³/mol. The molecule has 3 aromatic rings. The molecule has 1 aliphatic rings. The Hall–Kier alpha value is -3.78. The minimum atomic E-state index is -1.24. The van der Waals surface area contributed by atoms with E-state index in [0.29, 0.717) is 37.3 Å². The zero-order chi connectivity index (χ0) is 27.2. The van der Waals surface area contributed by atoms with Crippen LogP contribution in [0.3, 0.4) is 0 Å². The highest BCUT2D eigenvalue weighted by Gasteiger charge is 2.29. The molecule has 1 heterocycles. The largest absolute Gasteiger partial charge is 0.506 e. The minimum Gasteiger partial charge on any atom is -0.450 e. The first-order chi connectivity index (χ1) is 18.2. The van der Waals surface area contributed by atoms with Gasteiger partial charge in [0.15, 0.2) is 0 Å². The summed E-state index contributed by atoms with van der Waals surface area (Å²) >= 11 is 0. The average Bonchev–Trinajstić information content (AvgIpc) is 2.83. The molecule has 200 valence electrons. The van der Waals surface area contributed by atoms with E-state index in [4.69, 9.17) is 14.7 Å². The number of carbonyl (C=O) groups is 1. The zero-order valence-electron chi connectivity index (χ0n) is 21.8. The van der Waals surface area contributed by atoms with Gasteiger partial charge in [-0.05, 0) is 72.7 Å². The molecule has 1 N–H and O–H groups in total. The lowest BCUT2D eigenvalue weighted by Gasteiger charge is -2.37. The number of oxime groups is 1. The Bertz CT molecular complexity index is 1280. The van der Waals surface area contributed by atoms with Crippen molar-refractivity contribution in [1.29, 1.82) is 0 Å². The topological polar surface area (TPSA) is 71.4 Å². The van der Waals surface area contributed by atoms with E-state index in [0.717, 1.165) is 28.3 Å². The van der Waals surface area contributed by atoms with Crippen molar-refractivity contribution in [2.75, 3.05) is 13.1 Å². The Labute approximate surface area is 221 Å². The van der Waals surface area contributed by atoms with Gasteiger partial charge in [0.1, 0.15) is 24.3 Å². The third kappa shape index (κ3) is 7.38. The van der Waals surface area contributed by atoms with E-state index in [2.05, 4.69) is 16.1 Å². The van der Waals surface area contributed by atoms with E-state index >= 15 is 0 Å². The van der Waals surface area contributed by atoms with E-state index in [1.54, 1.807) is 0 Å². The van der Waals surface area contributed by atoms with Crippen molar-refractivity contribution >= 4 is 11.9 Å².